The highest BCUT2D eigenvalue weighted by Gasteiger charge is 2.15. The number of benzene rings is 1. The van der Waals surface area contributed by atoms with Gasteiger partial charge in [0.05, 0.1) is 19.3 Å². The van der Waals surface area contributed by atoms with Gasteiger partial charge in [-0.2, -0.15) is 0 Å². The van der Waals surface area contributed by atoms with Crippen molar-refractivity contribution in [3.63, 3.8) is 0 Å². The first-order valence-corrected chi connectivity index (χ1v) is 11.1. The predicted octanol–water partition coefficient (Wildman–Crippen LogP) is 3.62. The van der Waals surface area contributed by atoms with Crippen LogP contribution in [0.5, 0.6) is 0 Å². The Bertz CT molecular complexity index is 626. The Morgan fingerprint density at radius 3 is 2.93 bits per heavy atom. The number of nitrogens with one attached hydrogen (secondary N) is 2. The fourth-order valence-electron chi connectivity index (χ4n) is 3.95. The van der Waals surface area contributed by atoms with Crippen LogP contribution in [0.1, 0.15) is 62.3 Å². The van der Waals surface area contributed by atoms with Crippen LogP contribution in [0.25, 0.3) is 0 Å². The summed E-state index contributed by atoms with van der Waals surface area (Å²) < 4.78 is 11.2. The van der Waals surface area contributed by atoms with Gasteiger partial charge in [-0.1, -0.05) is 18.2 Å². The van der Waals surface area contributed by atoms with Crippen molar-refractivity contribution in [3.05, 3.63) is 34.9 Å². The molecule has 2 unspecified atom stereocenters. The van der Waals surface area contributed by atoms with Crippen molar-refractivity contribution in [1.82, 2.24) is 10.6 Å². The van der Waals surface area contributed by atoms with Crippen LogP contribution in [-0.2, 0) is 22.3 Å². The first kappa shape index (κ1) is 21.1. The van der Waals surface area contributed by atoms with Crippen molar-refractivity contribution in [2.75, 3.05) is 39.5 Å². The van der Waals surface area contributed by atoms with E-state index in [9.17, 15) is 0 Å². The third-order valence-electron chi connectivity index (χ3n) is 5.66. The summed E-state index contributed by atoms with van der Waals surface area (Å²) in [5, 5.41) is 6.92. The maximum absolute atomic E-state index is 5.77. The number of rotatable bonds is 9. The number of ether oxygens (including phenoxy) is 2. The van der Waals surface area contributed by atoms with Crippen LogP contribution in [0.4, 0.5) is 0 Å². The summed E-state index contributed by atoms with van der Waals surface area (Å²) in [4.78, 5) is 4.73. The van der Waals surface area contributed by atoms with E-state index in [1.165, 1.54) is 42.4 Å². The summed E-state index contributed by atoms with van der Waals surface area (Å²) in [6, 6.07) is 7.21. The van der Waals surface area contributed by atoms with Gasteiger partial charge in [0, 0.05) is 32.2 Å². The molecule has 0 amide bonds. The highest BCUT2D eigenvalue weighted by Crippen LogP contribution is 2.24. The molecule has 1 aliphatic heterocycles. The Morgan fingerprint density at radius 1 is 1.29 bits per heavy atom. The van der Waals surface area contributed by atoms with Crippen LogP contribution in [0.15, 0.2) is 23.2 Å². The summed E-state index contributed by atoms with van der Waals surface area (Å²) in [5.74, 6) is 1.47. The van der Waals surface area contributed by atoms with Gasteiger partial charge < -0.3 is 20.1 Å². The van der Waals surface area contributed by atoms with Crippen molar-refractivity contribution in [2.45, 2.75) is 58.4 Å². The van der Waals surface area contributed by atoms with Crippen LogP contribution in [-0.4, -0.2) is 45.5 Å². The molecule has 1 heterocycles. The summed E-state index contributed by atoms with van der Waals surface area (Å²) in [5.41, 5.74) is 4.41. The summed E-state index contributed by atoms with van der Waals surface area (Å²) >= 11 is 0. The number of fused-ring (bicyclic) bond motifs is 1. The van der Waals surface area contributed by atoms with Gasteiger partial charge in [0.15, 0.2) is 5.96 Å². The number of aryl methyl sites for hydroxylation is 2. The van der Waals surface area contributed by atoms with Gasteiger partial charge >= 0.3 is 0 Å². The van der Waals surface area contributed by atoms with Crippen molar-refractivity contribution in [1.29, 1.82) is 0 Å². The lowest BCUT2D eigenvalue weighted by molar-refractivity contribution is 0.0893. The minimum atomic E-state index is 0.239. The molecule has 5 heteroatoms. The highest BCUT2D eigenvalue weighted by atomic mass is 16.5. The fraction of sp³-hybridized carbons (Fsp3) is 0.696. The molecule has 0 spiro atoms. The molecule has 156 valence electrons. The molecule has 1 fully saturated rings. The van der Waals surface area contributed by atoms with Crippen LogP contribution < -0.4 is 10.6 Å². The molecule has 2 N–H and O–H groups in total. The molecular formula is C23H37N3O2. The zero-order valence-corrected chi connectivity index (χ0v) is 17.6. The van der Waals surface area contributed by atoms with Crippen molar-refractivity contribution in [3.8, 4) is 0 Å². The number of guanidine groups is 1. The van der Waals surface area contributed by atoms with Crippen molar-refractivity contribution in [2.24, 2.45) is 10.9 Å². The predicted molar refractivity (Wildman–Crippen MR) is 115 cm³/mol. The second kappa shape index (κ2) is 11.4. The molecule has 0 saturated carbocycles. The Kier molecular flexibility index (Phi) is 8.62. The minimum Gasteiger partial charge on any atom is -0.381 e. The van der Waals surface area contributed by atoms with E-state index in [0.29, 0.717) is 5.92 Å². The van der Waals surface area contributed by atoms with E-state index >= 15 is 0 Å². The summed E-state index contributed by atoms with van der Waals surface area (Å²) in [6.07, 6.45) is 7.17. The Morgan fingerprint density at radius 2 is 2.14 bits per heavy atom. The topological polar surface area (TPSA) is 54.9 Å². The van der Waals surface area contributed by atoms with Crippen LogP contribution in [0.2, 0.25) is 0 Å². The number of nitrogens with zero attached hydrogens (tertiary/aromatic N) is 1. The Labute approximate surface area is 170 Å². The average Bonchev–Trinajstić information content (AvgIpc) is 3.23. The van der Waals surface area contributed by atoms with Gasteiger partial charge in [-0.3, -0.25) is 4.99 Å². The molecule has 1 aliphatic carbocycles. The van der Waals surface area contributed by atoms with Crippen LogP contribution in [0, 0.1) is 5.92 Å². The van der Waals surface area contributed by atoms with Gasteiger partial charge in [-0.25, -0.2) is 0 Å². The highest BCUT2D eigenvalue weighted by molar-refractivity contribution is 5.80. The van der Waals surface area contributed by atoms with Crippen molar-refractivity contribution >= 4 is 5.96 Å². The SMILES string of the molecule is CCNC(=NCCCOCC1CCOC1)NC(C)c1ccc2c(c1)CCCC2. The van der Waals surface area contributed by atoms with E-state index in [-0.39, 0.29) is 6.04 Å². The van der Waals surface area contributed by atoms with Gasteiger partial charge in [-0.05, 0) is 69.1 Å². The molecule has 3 rings (SSSR count). The molecule has 28 heavy (non-hydrogen) atoms. The molecule has 1 saturated heterocycles. The summed E-state index contributed by atoms with van der Waals surface area (Å²) in [6.45, 7) is 9.27. The molecule has 1 aromatic carbocycles. The normalized spacial score (nSPS) is 20.6. The quantitative estimate of drug-likeness (QED) is 0.386. The Hall–Kier alpha value is -1.59. The number of hydrogen-bond donors (Lipinski definition) is 2. The lowest BCUT2D eigenvalue weighted by Gasteiger charge is -2.21. The first-order chi connectivity index (χ1) is 13.8. The van der Waals surface area contributed by atoms with Gasteiger partial charge in [0.2, 0.25) is 0 Å². The van der Waals surface area contributed by atoms with E-state index < -0.39 is 0 Å². The molecule has 5 nitrogen and oxygen atoms in total. The molecule has 0 radical (unpaired) electrons. The lowest BCUT2D eigenvalue weighted by Crippen LogP contribution is -2.38. The van der Waals surface area contributed by atoms with Gasteiger partial charge in [0.25, 0.3) is 0 Å². The zero-order valence-electron chi connectivity index (χ0n) is 17.6. The van der Waals surface area contributed by atoms with E-state index in [1.54, 1.807) is 0 Å². The molecule has 2 aliphatic rings. The Balaban J connectivity index is 1.44. The molecule has 0 aromatic heterocycles. The minimum absolute atomic E-state index is 0.239. The first-order valence-electron chi connectivity index (χ1n) is 11.1. The summed E-state index contributed by atoms with van der Waals surface area (Å²) in [7, 11) is 0. The fourth-order valence-corrected chi connectivity index (χ4v) is 3.95. The van der Waals surface area contributed by atoms with Gasteiger partial charge in [-0.15, -0.1) is 0 Å². The van der Waals surface area contributed by atoms with E-state index in [4.69, 9.17) is 14.5 Å². The monoisotopic (exact) mass is 387 g/mol. The second-order valence-electron chi connectivity index (χ2n) is 8.02. The molecular weight excluding hydrogens is 350 g/mol. The average molecular weight is 388 g/mol. The zero-order chi connectivity index (χ0) is 19.6. The van der Waals surface area contributed by atoms with E-state index in [0.717, 1.165) is 58.3 Å². The van der Waals surface area contributed by atoms with Crippen LogP contribution >= 0.6 is 0 Å². The molecule has 2 atom stereocenters. The second-order valence-corrected chi connectivity index (χ2v) is 8.02. The molecule has 1 aromatic rings. The van der Waals surface area contributed by atoms with Crippen LogP contribution in [0.3, 0.4) is 0 Å². The lowest BCUT2D eigenvalue weighted by atomic mass is 9.89. The van der Waals surface area contributed by atoms with E-state index in [2.05, 4.69) is 42.7 Å². The number of hydrogen-bond acceptors (Lipinski definition) is 3. The number of aliphatic imine (C=N–C) groups is 1. The maximum Gasteiger partial charge on any atom is 0.191 e. The largest absolute Gasteiger partial charge is 0.381 e. The maximum atomic E-state index is 5.77. The van der Waals surface area contributed by atoms with E-state index in [1.807, 2.05) is 0 Å². The third-order valence-corrected chi connectivity index (χ3v) is 5.66. The smallest absolute Gasteiger partial charge is 0.191 e. The standard InChI is InChI=1S/C23H37N3O2/c1-3-24-23(25-12-6-13-27-16-19-11-14-28-17-19)26-18(2)21-10-9-20-7-4-5-8-22(20)15-21/h9-10,15,18-19H,3-8,11-14,16-17H2,1-2H3,(H2,24,25,26). The van der Waals surface area contributed by atoms with Gasteiger partial charge in [0.1, 0.15) is 0 Å². The third kappa shape index (κ3) is 6.49. The molecule has 0 bridgehead atoms. The van der Waals surface area contributed by atoms with Crippen molar-refractivity contribution < 1.29 is 9.47 Å².